The summed E-state index contributed by atoms with van der Waals surface area (Å²) in [4.78, 5) is 16.0. The number of pyridine rings is 1. The number of anilines is 1. The van der Waals surface area contributed by atoms with Gasteiger partial charge in [-0.15, -0.1) is 0 Å². The van der Waals surface area contributed by atoms with Crippen LogP contribution >= 0.6 is 0 Å². The molecule has 0 radical (unpaired) electrons. The quantitative estimate of drug-likeness (QED) is 0.727. The summed E-state index contributed by atoms with van der Waals surface area (Å²) in [5.41, 5.74) is 0.647. The number of nitrogens with zero attached hydrogens (tertiary/aromatic N) is 1. The van der Waals surface area contributed by atoms with Gasteiger partial charge in [-0.2, -0.15) is 0 Å². The van der Waals surface area contributed by atoms with Crippen molar-refractivity contribution in [2.75, 3.05) is 25.5 Å². The lowest BCUT2D eigenvalue weighted by Crippen LogP contribution is -2.30. The van der Waals surface area contributed by atoms with Crippen molar-refractivity contribution in [3.63, 3.8) is 0 Å². The van der Waals surface area contributed by atoms with E-state index in [1.54, 1.807) is 25.4 Å². The Morgan fingerprint density at radius 3 is 3.22 bits per heavy atom. The fraction of sp³-hybridized carbons (Fsp3) is 0.538. The Kier molecular flexibility index (Phi) is 4.52. The minimum Gasteiger partial charge on any atom is -0.373 e. The van der Waals surface area contributed by atoms with Crippen LogP contribution in [0.1, 0.15) is 29.6 Å². The molecule has 0 aromatic carbocycles. The summed E-state index contributed by atoms with van der Waals surface area (Å²) in [6, 6.07) is 4.04. The van der Waals surface area contributed by atoms with Crippen molar-refractivity contribution in [1.82, 2.24) is 15.6 Å². The summed E-state index contributed by atoms with van der Waals surface area (Å²) in [6.07, 6.45) is 5.10. The highest BCUT2D eigenvalue weighted by Crippen LogP contribution is 2.08. The zero-order valence-electron chi connectivity index (χ0n) is 10.7. The lowest BCUT2D eigenvalue weighted by atomic mass is 10.1. The largest absolute Gasteiger partial charge is 0.373 e. The molecule has 1 aliphatic heterocycles. The second-order valence-corrected chi connectivity index (χ2v) is 4.52. The predicted octanol–water partition coefficient (Wildman–Crippen LogP) is 0.995. The summed E-state index contributed by atoms with van der Waals surface area (Å²) in [5, 5.41) is 9.28. The van der Waals surface area contributed by atoms with Crippen molar-refractivity contribution >= 4 is 11.7 Å². The Morgan fingerprint density at radius 2 is 2.50 bits per heavy atom. The first-order chi connectivity index (χ1) is 8.79. The first kappa shape index (κ1) is 12.8. The second kappa shape index (κ2) is 6.35. The molecule has 0 saturated carbocycles. The Balaban J connectivity index is 1.79. The first-order valence-electron chi connectivity index (χ1n) is 6.45. The lowest BCUT2D eigenvalue weighted by Gasteiger charge is -2.11. The molecule has 1 atom stereocenters. The highest BCUT2D eigenvalue weighted by molar-refractivity contribution is 5.94. The number of hydrogen-bond donors (Lipinski definition) is 3. The van der Waals surface area contributed by atoms with E-state index >= 15 is 0 Å². The molecule has 0 aliphatic carbocycles. The first-order valence-corrected chi connectivity index (χ1v) is 6.45. The van der Waals surface area contributed by atoms with E-state index in [0.29, 0.717) is 24.0 Å². The van der Waals surface area contributed by atoms with Crippen LogP contribution in [-0.2, 0) is 0 Å². The van der Waals surface area contributed by atoms with E-state index in [4.69, 9.17) is 0 Å². The molecule has 0 spiro atoms. The molecule has 18 heavy (non-hydrogen) atoms. The third-order valence-corrected chi connectivity index (χ3v) is 3.22. The molecule has 5 nitrogen and oxygen atoms in total. The van der Waals surface area contributed by atoms with E-state index in [2.05, 4.69) is 20.9 Å². The van der Waals surface area contributed by atoms with Gasteiger partial charge in [-0.3, -0.25) is 4.79 Å². The van der Waals surface area contributed by atoms with Crippen LogP contribution in [0.4, 0.5) is 5.82 Å². The number of nitrogens with one attached hydrogen (secondary N) is 3. The Hall–Kier alpha value is -1.62. The Labute approximate surface area is 107 Å². The summed E-state index contributed by atoms with van der Waals surface area (Å²) >= 11 is 0. The lowest BCUT2D eigenvalue weighted by molar-refractivity contribution is 0.0952. The number of carbonyl (C=O) groups is 1. The third kappa shape index (κ3) is 3.43. The molecule has 3 N–H and O–H groups in total. The van der Waals surface area contributed by atoms with Gasteiger partial charge >= 0.3 is 0 Å². The molecule has 2 heterocycles. The highest BCUT2D eigenvalue weighted by atomic mass is 16.1. The van der Waals surface area contributed by atoms with Gasteiger partial charge in [-0.05, 0) is 37.9 Å². The van der Waals surface area contributed by atoms with Crippen LogP contribution in [-0.4, -0.2) is 37.1 Å². The van der Waals surface area contributed by atoms with Gasteiger partial charge in [0, 0.05) is 31.4 Å². The van der Waals surface area contributed by atoms with Crippen LogP contribution < -0.4 is 16.0 Å². The van der Waals surface area contributed by atoms with E-state index < -0.39 is 0 Å². The molecule has 1 amide bonds. The van der Waals surface area contributed by atoms with Crippen molar-refractivity contribution in [2.45, 2.75) is 25.3 Å². The Bertz CT molecular complexity index is 402. The molecule has 1 aliphatic rings. The van der Waals surface area contributed by atoms with Crippen molar-refractivity contribution < 1.29 is 4.79 Å². The number of amides is 1. The Morgan fingerprint density at radius 1 is 1.61 bits per heavy atom. The molecule has 2 rings (SSSR count). The number of hydrogen-bond acceptors (Lipinski definition) is 4. The molecule has 5 heteroatoms. The molecular weight excluding hydrogens is 228 g/mol. The zero-order chi connectivity index (χ0) is 12.8. The van der Waals surface area contributed by atoms with E-state index in [0.717, 1.165) is 13.0 Å². The molecule has 98 valence electrons. The average molecular weight is 248 g/mol. The maximum atomic E-state index is 11.9. The van der Waals surface area contributed by atoms with Gasteiger partial charge in [-0.1, -0.05) is 0 Å². The summed E-state index contributed by atoms with van der Waals surface area (Å²) in [6.45, 7) is 1.82. The van der Waals surface area contributed by atoms with Gasteiger partial charge in [0.15, 0.2) is 0 Å². The van der Waals surface area contributed by atoms with Crippen molar-refractivity contribution in [2.24, 2.45) is 0 Å². The number of rotatable bonds is 5. The van der Waals surface area contributed by atoms with Gasteiger partial charge in [0.2, 0.25) is 0 Å². The second-order valence-electron chi connectivity index (χ2n) is 4.52. The van der Waals surface area contributed by atoms with Crippen LogP contribution in [0, 0.1) is 0 Å². The molecule has 1 fully saturated rings. The van der Waals surface area contributed by atoms with Crippen molar-refractivity contribution in [1.29, 1.82) is 0 Å². The van der Waals surface area contributed by atoms with Crippen molar-refractivity contribution in [3.05, 3.63) is 23.9 Å². The smallest absolute Gasteiger partial charge is 0.251 e. The van der Waals surface area contributed by atoms with Gasteiger partial charge < -0.3 is 16.0 Å². The summed E-state index contributed by atoms with van der Waals surface area (Å²) in [5.74, 6) is 0.673. The van der Waals surface area contributed by atoms with Crippen LogP contribution in [0.3, 0.4) is 0 Å². The van der Waals surface area contributed by atoms with Gasteiger partial charge in [-0.25, -0.2) is 4.98 Å². The standard InChI is InChI=1S/C13H20N4O/c1-14-12-9-10(4-7-16-12)13(18)17-8-5-11-3-2-6-15-11/h4,7,9,11,15H,2-3,5-6,8H2,1H3,(H,14,16)(H,17,18)/t11-/m0/s1. The third-order valence-electron chi connectivity index (χ3n) is 3.22. The average Bonchev–Trinajstić information content (AvgIpc) is 2.92. The summed E-state index contributed by atoms with van der Waals surface area (Å²) < 4.78 is 0. The van der Waals surface area contributed by atoms with Crippen LogP contribution in [0.5, 0.6) is 0 Å². The monoisotopic (exact) mass is 248 g/mol. The molecule has 1 aromatic heterocycles. The van der Waals surface area contributed by atoms with Gasteiger partial charge in [0.25, 0.3) is 5.91 Å². The minimum atomic E-state index is -0.0353. The van der Waals surface area contributed by atoms with Crippen LogP contribution in [0.2, 0.25) is 0 Å². The minimum absolute atomic E-state index is 0.0353. The van der Waals surface area contributed by atoms with Gasteiger partial charge in [0.05, 0.1) is 0 Å². The number of carbonyl (C=O) groups excluding carboxylic acids is 1. The van der Waals surface area contributed by atoms with E-state index in [1.165, 1.54) is 12.8 Å². The fourth-order valence-electron chi connectivity index (χ4n) is 2.17. The molecule has 1 aromatic rings. The van der Waals surface area contributed by atoms with E-state index in [9.17, 15) is 4.79 Å². The predicted molar refractivity (Wildman–Crippen MR) is 71.8 cm³/mol. The van der Waals surface area contributed by atoms with E-state index in [-0.39, 0.29) is 5.91 Å². The molecule has 0 bridgehead atoms. The van der Waals surface area contributed by atoms with E-state index in [1.807, 2.05) is 0 Å². The molecule has 1 saturated heterocycles. The van der Waals surface area contributed by atoms with Gasteiger partial charge in [0.1, 0.15) is 5.82 Å². The fourth-order valence-corrected chi connectivity index (χ4v) is 2.17. The van der Waals surface area contributed by atoms with Crippen molar-refractivity contribution in [3.8, 4) is 0 Å². The summed E-state index contributed by atoms with van der Waals surface area (Å²) in [7, 11) is 1.79. The zero-order valence-corrected chi connectivity index (χ0v) is 10.7. The maximum absolute atomic E-state index is 11.9. The van der Waals surface area contributed by atoms with Crippen LogP contribution in [0.15, 0.2) is 18.3 Å². The maximum Gasteiger partial charge on any atom is 0.251 e. The highest BCUT2D eigenvalue weighted by Gasteiger charge is 2.14. The molecule has 0 unspecified atom stereocenters. The SMILES string of the molecule is CNc1cc(C(=O)NCC[C@@H]2CCCN2)ccn1. The topological polar surface area (TPSA) is 66.1 Å². The number of aromatic nitrogens is 1. The normalized spacial score (nSPS) is 18.6. The molecular formula is C13H20N4O. The van der Waals surface area contributed by atoms with Crippen LogP contribution in [0.25, 0.3) is 0 Å².